The Kier molecular flexibility index (Phi) is 7.62. The van der Waals surface area contributed by atoms with E-state index in [-0.39, 0.29) is 22.2 Å². The van der Waals surface area contributed by atoms with E-state index in [9.17, 15) is 18.0 Å². The molecule has 0 saturated carbocycles. The first kappa shape index (κ1) is 29.2. The Morgan fingerprint density at radius 2 is 1.23 bits per heavy atom. The Bertz CT molecular complexity index is 2200. The third-order valence-electron chi connectivity index (χ3n) is 6.81. The highest BCUT2D eigenvalue weighted by Crippen LogP contribution is 2.22. The lowest BCUT2D eigenvalue weighted by Crippen LogP contribution is -2.23. The van der Waals surface area contributed by atoms with E-state index in [1.165, 1.54) is 10.9 Å². The third kappa shape index (κ3) is 5.39. The smallest absolute Gasteiger partial charge is 0.261 e. The van der Waals surface area contributed by atoms with Crippen molar-refractivity contribution in [2.45, 2.75) is 45.9 Å². The van der Waals surface area contributed by atoms with Crippen molar-refractivity contribution < 1.29 is 8.42 Å². The first-order valence-corrected chi connectivity index (χ1v) is 15.1. The summed E-state index contributed by atoms with van der Waals surface area (Å²) in [5.74, 6) is 0.172. The van der Waals surface area contributed by atoms with Crippen LogP contribution >= 0.6 is 0 Å². The zero-order valence-electron chi connectivity index (χ0n) is 24.1. The van der Waals surface area contributed by atoms with Gasteiger partial charge in [0.05, 0.1) is 59.0 Å². The van der Waals surface area contributed by atoms with Crippen LogP contribution in [-0.4, -0.2) is 63.7 Å². The number of anilines is 1. The molecule has 0 aliphatic rings. The van der Waals surface area contributed by atoms with Crippen molar-refractivity contribution in [1.29, 1.82) is 0 Å². The molecule has 6 rings (SSSR count). The summed E-state index contributed by atoms with van der Waals surface area (Å²) in [6.45, 7) is 8.10. The van der Waals surface area contributed by atoms with E-state index in [0.717, 1.165) is 17.3 Å². The molecule has 6 aromatic heterocycles. The number of fused-ring (bicyclic) bond motifs is 2. The molecule has 0 bridgehead atoms. The number of nitrogens with zero attached hydrogens (tertiary/aromatic N) is 8. The molecule has 222 valence electrons. The number of rotatable bonds is 5. The molecule has 6 aromatic rings. The first-order valence-electron chi connectivity index (χ1n) is 13.2. The van der Waals surface area contributed by atoms with E-state index in [1.54, 1.807) is 49.3 Å². The van der Waals surface area contributed by atoms with Crippen LogP contribution in [-0.2, 0) is 22.9 Å². The molecule has 0 spiro atoms. The van der Waals surface area contributed by atoms with Gasteiger partial charge in [-0.2, -0.15) is 9.97 Å². The van der Waals surface area contributed by atoms with Crippen molar-refractivity contribution in [2.24, 2.45) is 0 Å². The Morgan fingerprint density at radius 3 is 1.65 bits per heavy atom. The zero-order chi connectivity index (χ0) is 31.1. The number of sulfone groups is 1. The summed E-state index contributed by atoms with van der Waals surface area (Å²) >= 11 is 0. The summed E-state index contributed by atoms with van der Waals surface area (Å²) in [7, 11) is -3.56. The van der Waals surface area contributed by atoms with Gasteiger partial charge in [0.1, 0.15) is 11.3 Å². The number of nitrogens with two attached hydrogens (primary N) is 1. The fourth-order valence-corrected chi connectivity index (χ4v) is 5.27. The monoisotopic (exact) mass is 603 g/mol. The number of hydrogen-bond donors (Lipinski definition) is 3. The second-order valence-electron chi connectivity index (χ2n) is 9.65. The molecule has 0 radical (unpaired) electrons. The largest absolute Gasteiger partial charge is 0.368 e. The van der Waals surface area contributed by atoms with Crippen LogP contribution in [0.2, 0.25) is 0 Å². The second-order valence-corrected chi connectivity index (χ2v) is 11.6. The minimum atomic E-state index is -3.56. The minimum absolute atomic E-state index is 0.123. The molecular formula is C27H29N11O4S. The van der Waals surface area contributed by atoms with Crippen LogP contribution in [0.25, 0.3) is 44.6 Å². The lowest BCUT2D eigenvalue weighted by atomic mass is 10.1. The van der Waals surface area contributed by atoms with Gasteiger partial charge in [0, 0.05) is 30.1 Å². The molecule has 0 atom stereocenters. The number of hydrogen-bond acceptors (Lipinski definition) is 11. The highest BCUT2D eigenvalue weighted by atomic mass is 32.2. The Labute approximate surface area is 244 Å². The van der Waals surface area contributed by atoms with Crippen LogP contribution in [0.3, 0.4) is 0 Å². The van der Waals surface area contributed by atoms with Crippen LogP contribution in [0, 0.1) is 13.8 Å². The Hall–Kier alpha value is -5.25. The number of aryl methyl sites for hydroxylation is 4. The summed E-state index contributed by atoms with van der Waals surface area (Å²) in [4.78, 5) is 55.5. The van der Waals surface area contributed by atoms with Gasteiger partial charge in [-0.15, -0.1) is 0 Å². The number of H-pyrrole nitrogens is 2. The van der Waals surface area contributed by atoms with Gasteiger partial charge in [-0.05, 0) is 39.8 Å². The SMILES string of the molecule is CCn1c(=O)c(-c2cnc[nH]2)cc2c(C)nc(N)nc21.CCn1c(=O)c(-c2cnc[nH]2)cc2c(C)nc(S(C)(=O)=O)nc21. The molecule has 0 fully saturated rings. The molecule has 43 heavy (non-hydrogen) atoms. The topological polar surface area (TPSA) is 213 Å². The molecule has 16 heteroatoms. The highest BCUT2D eigenvalue weighted by molar-refractivity contribution is 7.90. The molecular weight excluding hydrogens is 574 g/mol. The van der Waals surface area contributed by atoms with E-state index in [4.69, 9.17) is 5.73 Å². The Morgan fingerprint density at radius 1 is 0.767 bits per heavy atom. The van der Waals surface area contributed by atoms with Gasteiger partial charge in [-0.25, -0.2) is 28.4 Å². The normalized spacial score (nSPS) is 11.6. The number of aromatic amines is 2. The van der Waals surface area contributed by atoms with Crippen LogP contribution in [0.1, 0.15) is 25.2 Å². The van der Waals surface area contributed by atoms with Gasteiger partial charge in [0.25, 0.3) is 11.1 Å². The summed E-state index contributed by atoms with van der Waals surface area (Å²) < 4.78 is 26.5. The van der Waals surface area contributed by atoms with Gasteiger partial charge >= 0.3 is 0 Å². The molecule has 4 N–H and O–H groups in total. The van der Waals surface area contributed by atoms with Gasteiger partial charge in [0.15, 0.2) is 0 Å². The van der Waals surface area contributed by atoms with Crippen molar-refractivity contribution in [3.05, 3.63) is 69.3 Å². The lowest BCUT2D eigenvalue weighted by Gasteiger charge is -2.12. The third-order valence-corrected chi connectivity index (χ3v) is 7.66. The van der Waals surface area contributed by atoms with Crippen molar-refractivity contribution in [3.8, 4) is 22.5 Å². The number of nitrogens with one attached hydrogen (secondary N) is 2. The lowest BCUT2D eigenvalue weighted by molar-refractivity contribution is 0.592. The van der Waals surface area contributed by atoms with E-state index in [1.807, 2.05) is 13.8 Å². The van der Waals surface area contributed by atoms with Crippen molar-refractivity contribution in [3.63, 3.8) is 0 Å². The molecule has 0 aromatic carbocycles. The van der Waals surface area contributed by atoms with Crippen LogP contribution in [0.5, 0.6) is 0 Å². The maximum Gasteiger partial charge on any atom is 0.261 e. The summed E-state index contributed by atoms with van der Waals surface area (Å²) in [6.07, 6.45) is 7.26. The highest BCUT2D eigenvalue weighted by Gasteiger charge is 2.19. The molecule has 0 amide bonds. The van der Waals surface area contributed by atoms with E-state index in [0.29, 0.717) is 58.0 Å². The number of nitrogen functional groups attached to an aromatic ring is 1. The summed E-state index contributed by atoms with van der Waals surface area (Å²) in [5, 5.41) is 1.16. The second kappa shape index (κ2) is 11.2. The maximum absolute atomic E-state index is 12.7. The van der Waals surface area contributed by atoms with Gasteiger partial charge in [0.2, 0.25) is 20.9 Å². The average Bonchev–Trinajstić information content (AvgIpc) is 3.68. The van der Waals surface area contributed by atoms with Gasteiger partial charge < -0.3 is 15.7 Å². The maximum atomic E-state index is 12.7. The summed E-state index contributed by atoms with van der Waals surface area (Å²) in [6, 6.07) is 3.45. The molecule has 0 aliphatic carbocycles. The predicted molar refractivity (Wildman–Crippen MR) is 161 cm³/mol. The number of aromatic nitrogens is 10. The fourth-order valence-electron chi connectivity index (χ4n) is 4.72. The van der Waals surface area contributed by atoms with E-state index < -0.39 is 9.84 Å². The van der Waals surface area contributed by atoms with Gasteiger partial charge in [-0.1, -0.05) is 0 Å². The average molecular weight is 604 g/mol. The predicted octanol–water partition coefficient (Wildman–Crippen LogP) is 2.01. The van der Waals surface area contributed by atoms with Crippen LogP contribution < -0.4 is 16.9 Å². The van der Waals surface area contributed by atoms with Gasteiger partial charge in [-0.3, -0.25) is 18.7 Å². The summed E-state index contributed by atoms with van der Waals surface area (Å²) in [5.41, 5.74) is 9.67. The molecule has 0 aliphatic heterocycles. The van der Waals surface area contributed by atoms with Crippen LogP contribution in [0.15, 0.2) is 51.9 Å². The minimum Gasteiger partial charge on any atom is -0.368 e. The fraction of sp³-hybridized carbons (Fsp3) is 0.259. The zero-order valence-corrected chi connectivity index (χ0v) is 24.9. The van der Waals surface area contributed by atoms with Crippen molar-refractivity contribution >= 4 is 37.9 Å². The van der Waals surface area contributed by atoms with E-state index in [2.05, 4.69) is 39.9 Å². The first-order chi connectivity index (χ1) is 20.4. The Balaban J connectivity index is 0.000000173. The van der Waals surface area contributed by atoms with Crippen molar-refractivity contribution in [2.75, 3.05) is 12.0 Å². The molecule has 0 unspecified atom stereocenters. The number of imidazole rings is 2. The van der Waals surface area contributed by atoms with E-state index >= 15 is 0 Å². The molecule has 15 nitrogen and oxygen atoms in total. The van der Waals surface area contributed by atoms with Crippen LogP contribution in [0.4, 0.5) is 5.95 Å². The molecule has 0 saturated heterocycles. The number of pyridine rings is 2. The quantitative estimate of drug-likeness (QED) is 0.242. The molecule has 6 heterocycles. The van der Waals surface area contributed by atoms with Crippen molar-refractivity contribution in [1.82, 2.24) is 49.0 Å². The standard InChI is InChI=1S/C14H15N5O3S.C13H14N6O/c1-4-19-12-9(8(2)17-14(18-12)23(3,21)22)5-10(13(19)20)11-6-15-7-16-11;1-3-19-11-8(7(2)17-13(14)18-11)4-9(12(19)20)10-5-15-6-16-10/h5-7H,4H2,1-3H3,(H,15,16);4-6H,3H2,1-2H3,(H,15,16)(H2,14,17,18).